The second-order valence-electron chi connectivity index (χ2n) is 7.37. The van der Waals surface area contributed by atoms with E-state index in [4.69, 9.17) is 9.47 Å². The zero-order valence-electron chi connectivity index (χ0n) is 18.2. The number of hydrogen-bond acceptors (Lipinski definition) is 5. The number of aliphatic imine (C=N–C) groups is 1. The summed E-state index contributed by atoms with van der Waals surface area (Å²) in [5, 5.41) is 6.46. The zero-order valence-corrected chi connectivity index (χ0v) is 19.0. The van der Waals surface area contributed by atoms with E-state index in [0.29, 0.717) is 38.4 Å². The third kappa shape index (κ3) is 8.99. The summed E-state index contributed by atoms with van der Waals surface area (Å²) in [6, 6.07) is 6.85. The van der Waals surface area contributed by atoms with Crippen LogP contribution in [0.15, 0.2) is 34.2 Å². The number of ether oxygens (including phenoxy) is 2. The Bertz CT molecular complexity index is 747. The normalized spacial score (nSPS) is 16.3. The summed E-state index contributed by atoms with van der Waals surface area (Å²) in [5.41, 5.74) is 0.849. The minimum Gasteiger partial charge on any atom is -0.383 e. The molecule has 0 saturated heterocycles. The minimum absolute atomic E-state index is 0.234. The van der Waals surface area contributed by atoms with Crippen LogP contribution in [-0.4, -0.2) is 60.9 Å². The summed E-state index contributed by atoms with van der Waals surface area (Å²) in [6.07, 6.45) is 7.86. The van der Waals surface area contributed by atoms with E-state index in [2.05, 4.69) is 20.3 Å². The summed E-state index contributed by atoms with van der Waals surface area (Å²) in [7, 11) is -0.307. The number of sulfonamides is 1. The molecule has 0 aromatic heterocycles. The van der Waals surface area contributed by atoms with Gasteiger partial charge in [-0.1, -0.05) is 37.8 Å². The molecular formula is C21H36N4O4S. The van der Waals surface area contributed by atoms with E-state index in [0.717, 1.165) is 18.4 Å². The molecule has 0 heterocycles. The number of rotatable bonds is 11. The lowest BCUT2D eigenvalue weighted by molar-refractivity contribution is 0.0468. The van der Waals surface area contributed by atoms with Crippen LogP contribution in [0, 0.1) is 0 Å². The highest BCUT2D eigenvalue weighted by molar-refractivity contribution is 7.89. The first-order valence-electron chi connectivity index (χ1n) is 10.7. The van der Waals surface area contributed by atoms with Gasteiger partial charge in [-0.3, -0.25) is 4.99 Å². The van der Waals surface area contributed by atoms with Gasteiger partial charge in [0.25, 0.3) is 0 Å². The molecule has 1 saturated carbocycles. The van der Waals surface area contributed by atoms with E-state index in [1.165, 1.54) is 32.8 Å². The van der Waals surface area contributed by atoms with Crippen molar-refractivity contribution in [2.75, 3.05) is 40.5 Å². The molecule has 0 amide bonds. The SMILES string of the molecule is CN=C(NCCOC1CCCCCC1)NCc1cccc(S(=O)(=O)NCCOC)c1. The quantitative estimate of drug-likeness (QED) is 0.211. The van der Waals surface area contributed by atoms with E-state index in [9.17, 15) is 8.42 Å². The number of benzene rings is 1. The molecule has 1 aliphatic rings. The smallest absolute Gasteiger partial charge is 0.240 e. The van der Waals surface area contributed by atoms with E-state index in [1.807, 2.05) is 6.07 Å². The summed E-state index contributed by atoms with van der Waals surface area (Å²) in [5.74, 6) is 0.658. The number of nitrogens with one attached hydrogen (secondary N) is 3. The van der Waals surface area contributed by atoms with Gasteiger partial charge in [-0.2, -0.15) is 0 Å². The molecule has 1 aromatic rings. The van der Waals surface area contributed by atoms with Gasteiger partial charge in [0.1, 0.15) is 0 Å². The molecule has 0 bridgehead atoms. The lowest BCUT2D eigenvalue weighted by Crippen LogP contribution is -2.39. The van der Waals surface area contributed by atoms with Crippen molar-refractivity contribution < 1.29 is 17.9 Å². The van der Waals surface area contributed by atoms with E-state index < -0.39 is 10.0 Å². The predicted octanol–water partition coefficient (Wildman–Crippen LogP) is 2.02. The highest BCUT2D eigenvalue weighted by Crippen LogP contribution is 2.19. The van der Waals surface area contributed by atoms with Crippen LogP contribution in [0.4, 0.5) is 0 Å². The van der Waals surface area contributed by atoms with Crippen molar-refractivity contribution in [3.63, 3.8) is 0 Å². The second kappa shape index (κ2) is 13.6. The van der Waals surface area contributed by atoms with Gasteiger partial charge < -0.3 is 20.1 Å². The van der Waals surface area contributed by atoms with Crippen LogP contribution in [0.25, 0.3) is 0 Å². The fraction of sp³-hybridized carbons (Fsp3) is 0.667. The van der Waals surface area contributed by atoms with E-state index in [1.54, 1.807) is 25.2 Å². The molecule has 30 heavy (non-hydrogen) atoms. The maximum Gasteiger partial charge on any atom is 0.240 e. The topological polar surface area (TPSA) is 101 Å². The molecule has 3 N–H and O–H groups in total. The molecule has 0 radical (unpaired) electrons. The van der Waals surface area contributed by atoms with E-state index >= 15 is 0 Å². The number of guanidine groups is 1. The van der Waals surface area contributed by atoms with E-state index in [-0.39, 0.29) is 11.4 Å². The highest BCUT2D eigenvalue weighted by atomic mass is 32.2. The van der Waals surface area contributed by atoms with Crippen molar-refractivity contribution in [2.24, 2.45) is 4.99 Å². The molecule has 0 unspecified atom stereocenters. The minimum atomic E-state index is -3.55. The van der Waals surface area contributed by atoms with Gasteiger partial charge in [-0.05, 0) is 30.5 Å². The second-order valence-corrected chi connectivity index (χ2v) is 9.14. The standard InChI is InChI=1S/C21H36N4O4S/c1-22-21(23-12-15-29-19-9-5-3-4-6-10-19)24-17-18-8-7-11-20(16-18)30(26,27)25-13-14-28-2/h7-8,11,16,19,25H,3-6,9-10,12-15,17H2,1-2H3,(H2,22,23,24). The number of hydrogen-bond donors (Lipinski definition) is 3. The third-order valence-corrected chi connectivity index (χ3v) is 6.50. The van der Waals surface area contributed by atoms with Crippen molar-refractivity contribution in [3.05, 3.63) is 29.8 Å². The number of nitrogens with zero attached hydrogens (tertiary/aromatic N) is 1. The Kier molecular flexibility index (Phi) is 11.1. The summed E-state index contributed by atoms with van der Waals surface area (Å²) in [4.78, 5) is 4.45. The Labute approximate surface area is 180 Å². The molecular weight excluding hydrogens is 404 g/mol. The molecule has 9 heteroatoms. The molecule has 2 rings (SSSR count). The van der Waals surface area contributed by atoms with Gasteiger partial charge in [0.05, 0.1) is 24.2 Å². The molecule has 8 nitrogen and oxygen atoms in total. The zero-order chi connectivity index (χ0) is 21.7. The van der Waals surface area contributed by atoms with Gasteiger partial charge in [0.2, 0.25) is 10.0 Å². The molecule has 0 aliphatic heterocycles. The van der Waals surface area contributed by atoms with Gasteiger partial charge in [0, 0.05) is 33.8 Å². The molecule has 1 aliphatic carbocycles. The Morgan fingerprint density at radius 2 is 1.87 bits per heavy atom. The fourth-order valence-electron chi connectivity index (χ4n) is 3.39. The van der Waals surface area contributed by atoms with Gasteiger partial charge in [-0.25, -0.2) is 13.1 Å². The van der Waals surface area contributed by atoms with Gasteiger partial charge in [-0.15, -0.1) is 0 Å². The lowest BCUT2D eigenvalue weighted by Gasteiger charge is -2.17. The average Bonchev–Trinajstić information content (AvgIpc) is 3.02. The molecule has 170 valence electrons. The van der Waals surface area contributed by atoms with Crippen LogP contribution < -0.4 is 15.4 Å². The van der Waals surface area contributed by atoms with Crippen molar-refractivity contribution in [1.29, 1.82) is 0 Å². The molecule has 1 aromatic carbocycles. The van der Waals surface area contributed by atoms with Crippen molar-refractivity contribution >= 4 is 16.0 Å². The van der Waals surface area contributed by atoms with Crippen LogP contribution in [-0.2, 0) is 26.0 Å². The maximum absolute atomic E-state index is 12.3. The molecule has 0 spiro atoms. The van der Waals surface area contributed by atoms with Crippen molar-refractivity contribution in [3.8, 4) is 0 Å². The first-order chi connectivity index (χ1) is 14.5. The fourth-order valence-corrected chi connectivity index (χ4v) is 4.48. The Hall–Kier alpha value is -1.68. The average molecular weight is 441 g/mol. The largest absolute Gasteiger partial charge is 0.383 e. The van der Waals surface area contributed by atoms with Crippen LogP contribution in [0.2, 0.25) is 0 Å². The first-order valence-corrected chi connectivity index (χ1v) is 12.2. The van der Waals surface area contributed by atoms with Gasteiger partial charge >= 0.3 is 0 Å². The number of methoxy groups -OCH3 is 1. The first kappa shape index (κ1) is 24.6. The summed E-state index contributed by atoms with van der Waals surface area (Å²) >= 11 is 0. The summed E-state index contributed by atoms with van der Waals surface area (Å²) < 4.78 is 38.1. The predicted molar refractivity (Wildman–Crippen MR) is 119 cm³/mol. The third-order valence-electron chi connectivity index (χ3n) is 5.04. The van der Waals surface area contributed by atoms with Crippen LogP contribution in [0.1, 0.15) is 44.1 Å². The van der Waals surface area contributed by atoms with Crippen LogP contribution in [0.5, 0.6) is 0 Å². The summed E-state index contributed by atoms with van der Waals surface area (Å²) in [6.45, 7) is 2.35. The Morgan fingerprint density at radius 1 is 1.10 bits per heavy atom. The van der Waals surface area contributed by atoms with Crippen LogP contribution >= 0.6 is 0 Å². The Morgan fingerprint density at radius 3 is 2.57 bits per heavy atom. The monoisotopic (exact) mass is 440 g/mol. The maximum atomic E-state index is 12.3. The lowest BCUT2D eigenvalue weighted by atomic mass is 10.1. The molecule has 0 atom stereocenters. The van der Waals surface area contributed by atoms with Gasteiger partial charge in [0.15, 0.2) is 5.96 Å². The molecule has 1 fully saturated rings. The highest BCUT2D eigenvalue weighted by Gasteiger charge is 2.14. The van der Waals surface area contributed by atoms with Crippen LogP contribution in [0.3, 0.4) is 0 Å². The van der Waals surface area contributed by atoms with Crippen molar-refractivity contribution in [1.82, 2.24) is 15.4 Å². The van der Waals surface area contributed by atoms with Crippen molar-refractivity contribution in [2.45, 2.75) is 56.1 Å². The Balaban J connectivity index is 1.76.